The van der Waals surface area contributed by atoms with Crippen LogP contribution in [0.25, 0.3) is 10.9 Å². The van der Waals surface area contributed by atoms with E-state index in [-0.39, 0.29) is 5.56 Å². The molecule has 0 amide bonds. The van der Waals surface area contributed by atoms with E-state index in [2.05, 4.69) is 22.4 Å². The zero-order valence-electron chi connectivity index (χ0n) is 12.9. The number of nitrogens with one attached hydrogen (secondary N) is 1. The molecule has 0 unspecified atom stereocenters. The van der Waals surface area contributed by atoms with Crippen molar-refractivity contribution in [2.24, 2.45) is 0 Å². The van der Waals surface area contributed by atoms with E-state index >= 15 is 0 Å². The lowest BCUT2D eigenvalue weighted by Gasteiger charge is -2.11. The van der Waals surface area contributed by atoms with Gasteiger partial charge in [0.05, 0.1) is 11.1 Å². The van der Waals surface area contributed by atoms with Crippen LogP contribution in [0, 0.1) is 6.92 Å². The van der Waals surface area contributed by atoms with Gasteiger partial charge in [-0.3, -0.25) is 4.98 Å². The number of carboxylic acids is 1. The minimum absolute atomic E-state index is 0.272. The molecule has 1 heterocycles. The summed E-state index contributed by atoms with van der Waals surface area (Å²) in [6.07, 6.45) is 0.905. The van der Waals surface area contributed by atoms with Gasteiger partial charge in [0, 0.05) is 23.3 Å². The van der Waals surface area contributed by atoms with Crippen molar-refractivity contribution >= 4 is 22.6 Å². The Hall–Kier alpha value is -2.88. The molecule has 2 N–H and O–H groups in total. The topological polar surface area (TPSA) is 62.2 Å². The molecule has 1 aromatic heterocycles. The monoisotopic (exact) mass is 306 g/mol. The van der Waals surface area contributed by atoms with Gasteiger partial charge in [-0.25, -0.2) is 4.79 Å². The standard InChI is InChI=1S/C19H18N2O2/c1-13-11-18(20-10-9-14-5-3-2-4-6-14)16-12-15(19(22)23)7-8-17(16)21-13/h2-8,11-12H,9-10H2,1H3,(H,20,21)(H,22,23). The number of benzene rings is 2. The van der Waals surface area contributed by atoms with Crippen LogP contribution in [0.2, 0.25) is 0 Å². The first-order valence-electron chi connectivity index (χ1n) is 7.56. The fraction of sp³-hybridized carbons (Fsp3) is 0.158. The quantitative estimate of drug-likeness (QED) is 0.750. The third-order valence-electron chi connectivity index (χ3n) is 3.76. The number of fused-ring (bicyclic) bond motifs is 1. The van der Waals surface area contributed by atoms with Crippen molar-refractivity contribution in [3.63, 3.8) is 0 Å². The number of aromatic carboxylic acids is 1. The lowest BCUT2D eigenvalue weighted by Crippen LogP contribution is -2.06. The van der Waals surface area contributed by atoms with E-state index in [0.717, 1.165) is 35.2 Å². The maximum absolute atomic E-state index is 11.2. The van der Waals surface area contributed by atoms with E-state index < -0.39 is 5.97 Å². The molecule has 23 heavy (non-hydrogen) atoms. The van der Waals surface area contributed by atoms with Gasteiger partial charge in [-0.2, -0.15) is 0 Å². The lowest BCUT2D eigenvalue weighted by molar-refractivity contribution is 0.0697. The zero-order chi connectivity index (χ0) is 16.2. The molecule has 0 fully saturated rings. The molecule has 0 aliphatic heterocycles. The Morgan fingerprint density at radius 3 is 2.65 bits per heavy atom. The average Bonchev–Trinajstić information content (AvgIpc) is 2.55. The lowest BCUT2D eigenvalue weighted by atomic mass is 10.1. The van der Waals surface area contributed by atoms with Gasteiger partial charge < -0.3 is 10.4 Å². The molecule has 0 atom stereocenters. The van der Waals surface area contributed by atoms with Gasteiger partial charge in [0.25, 0.3) is 0 Å². The van der Waals surface area contributed by atoms with Gasteiger partial charge in [-0.05, 0) is 43.2 Å². The van der Waals surface area contributed by atoms with Crippen LogP contribution in [0.5, 0.6) is 0 Å². The highest BCUT2D eigenvalue weighted by molar-refractivity contribution is 5.98. The molecule has 0 spiro atoms. The van der Waals surface area contributed by atoms with Crippen molar-refractivity contribution in [1.29, 1.82) is 0 Å². The van der Waals surface area contributed by atoms with E-state index in [4.69, 9.17) is 0 Å². The van der Waals surface area contributed by atoms with Crippen molar-refractivity contribution < 1.29 is 9.90 Å². The molecule has 2 aromatic carbocycles. The van der Waals surface area contributed by atoms with Gasteiger partial charge in [-0.15, -0.1) is 0 Å². The highest BCUT2D eigenvalue weighted by atomic mass is 16.4. The molecule has 0 saturated heterocycles. The number of aryl methyl sites for hydroxylation is 1. The highest BCUT2D eigenvalue weighted by Crippen LogP contribution is 2.24. The van der Waals surface area contributed by atoms with E-state index in [9.17, 15) is 9.90 Å². The van der Waals surface area contributed by atoms with Gasteiger partial charge in [-0.1, -0.05) is 30.3 Å². The number of rotatable bonds is 5. The van der Waals surface area contributed by atoms with Crippen LogP contribution >= 0.6 is 0 Å². The molecule has 4 heteroatoms. The van der Waals surface area contributed by atoms with E-state index in [1.807, 2.05) is 31.2 Å². The largest absolute Gasteiger partial charge is 0.478 e. The summed E-state index contributed by atoms with van der Waals surface area (Å²) in [6, 6.07) is 17.2. The molecule has 116 valence electrons. The van der Waals surface area contributed by atoms with Crippen molar-refractivity contribution in [3.05, 3.63) is 71.4 Å². The highest BCUT2D eigenvalue weighted by Gasteiger charge is 2.08. The van der Waals surface area contributed by atoms with Gasteiger partial charge in [0.15, 0.2) is 0 Å². The number of carbonyl (C=O) groups is 1. The number of hydrogen-bond donors (Lipinski definition) is 2. The van der Waals surface area contributed by atoms with Crippen molar-refractivity contribution in [2.45, 2.75) is 13.3 Å². The number of hydrogen-bond acceptors (Lipinski definition) is 3. The molecule has 3 rings (SSSR count). The van der Waals surface area contributed by atoms with Gasteiger partial charge >= 0.3 is 5.97 Å². The summed E-state index contributed by atoms with van der Waals surface area (Å²) in [6.45, 7) is 2.72. The Balaban J connectivity index is 1.86. The van der Waals surface area contributed by atoms with Crippen molar-refractivity contribution in [3.8, 4) is 0 Å². The van der Waals surface area contributed by atoms with Crippen molar-refractivity contribution in [2.75, 3.05) is 11.9 Å². The third kappa shape index (κ3) is 3.48. The Morgan fingerprint density at radius 1 is 1.13 bits per heavy atom. The number of pyridine rings is 1. The second-order valence-corrected chi connectivity index (χ2v) is 5.51. The van der Waals surface area contributed by atoms with Crippen LogP contribution in [-0.2, 0) is 6.42 Å². The Bertz CT molecular complexity index is 845. The zero-order valence-corrected chi connectivity index (χ0v) is 12.9. The molecule has 0 radical (unpaired) electrons. The first-order valence-corrected chi connectivity index (χ1v) is 7.56. The summed E-state index contributed by atoms with van der Waals surface area (Å²) < 4.78 is 0. The van der Waals surface area contributed by atoms with E-state index in [1.165, 1.54) is 5.56 Å². The minimum atomic E-state index is -0.928. The summed E-state index contributed by atoms with van der Waals surface area (Å²) in [7, 11) is 0. The summed E-state index contributed by atoms with van der Waals surface area (Å²) in [5.41, 5.74) is 4.17. The van der Waals surface area contributed by atoms with Crippen LogP contribution in [-0.4, -0.2) is 22.6 Å². The number of anilines is 1. The molecule has 0 bridgehead atoms. The molecule has 4 nitrogen and oxygen atoms in total. The first-order chi connectivity index (χ1) is 11.1. The number of carboxylic acid groups (broad SMARTS) is 1. The predicted octanol–water partition coefficient (Wildman–Crippen LogP) is 3.90. The fourth-order valence-corrected chi connectivity index (χ4v) is 2.62. The first kappa shape index (κ1) is 15.0. The Labute approximate surface area is 134 Å². The SMILES string of the molecule is Cc1cc(NCCc2ccccc2)c2cc(C(=O)O)ccc2n1. The summed E-state index contributed by atoms with van der Waals surface area (Å²) in [4.78, 5) is 15.7. The Morgan fingerprint density at radius 2 is 1.91 bits per heavy atom. The van der Waals surface area contributed by atoms with Gasteiger partial charge in [0.1, 0.15) is 0 Å². The van der Waals surface area contributed by atoms with E-state index in [0.29, 0.717) is 0 Å². The van der Waals surface area contributed by atoms with Crippen LogP contribution in [0.3, 0.4) is 0 Å². The maximum atomic E-state index is 11.2. The fourth-order valence-electron chi connectivity index (χ4n) is 2.62. The van der Waals surface area contributed by atoms with Crippen LogP contribution in [0.15, 0.2) is 54.6 Å². The molecular formula is C19H18N2O2. The van der Waals surface area contributed by atoms with Crippen LogP contribution in [0.4, 0.5) is 5.69 Å². The minimum Gasteiger partial charge on any atom is -0.478 e. The summed E-state index contributed by atoms with van der Waals surface area (Å²) in [5.74, 6) is -0.928. The van der Waals surface area contributed by atoms with E-state index in [1.54, 1.807) is 18.2 Å². The normalized spacial score (nSPS) is 10.7. The second-order valence-electron chi connectivity index (χ2n) is 5.51. The smallest absolute Gasteiger partial charge is 0.335 e. The van der Waals surface area contributed by atoms with Gasteiger partial charge in [0.2, 0.25) is 0 Å². The number of aromatic nitrogens is 1. The summed E-state index contributed by atoms with van der Waals surface area (Å²) >= 11 is 0. The molecule has 0 aliphatic carbocycles. The molecular weight excluding hydrogens is 288 g/mol. The number of nitrogens with zero attached hydrogens (tertiary/aromatic N) is 1. The molecule has 0 saturated carbocycles. The van der Waals surface area contributed by atoms with Crippen LogP contribution < -0.4 is 5.32 Å². The van der Waals surface area contributed by atoms with Crippen LogP contribution in [0.1, 0.15) is 21.6 Å². The maximum Gasteiger partial charge on any atom is 0.335 e. The molecule has 3 aromatic rings. The second kappa shape index (κ2) is 6.48. The third-order valence-corrected chi connectivity index (χ3v) is 3.76. The molecule has 0 aliphatic rings. The van der Waals surface area contributed by atoms with Crippen molar-refractivity contribution in [1.82, 2.24) is 4.98 Å². The Kier molecular flexibility index (Phi) is 4.24. The average molecular weight is 306 g/mol. The summed E-state index contributed by atoms with van der Waals surface area (Å²) in [5, 5.41) is 13.4. The predicted molar refractivity (Wildman–Crippen MR) is 92.1 cm³/mol.